The van der Waals surface area contributed by atoms with Crippen LogP contribution in [0.4, 0.5) is 16.2 Å². The molecule has 2 aromatic carbocycles. The van der Waals surface area contributed by atoms with Crippen LogP contribution in [0.5, 0.6) is 0 Å². The van der Waals surface area contributed by atoms with Crippen LogP contribution in [0.2, 0.25) is 0 Å². The van der Waals surface area contributed by atoms with Crippen LogP contribution in [0.3, 0.4) is 0 Å². The number of hydrogen-bond acceptors (Lipinski definition) is 3. The summed E-state index contributed by atoms with van der Waals surface area (Å²) in [6.07, 6.45) is 0. The number of carbonyl (C=O) groups excluding carboxylic acids is 2. The number of nitrogens with one attached hydrogen (secondary N) is 3. The first-order chi connectivity index (χ1) is 13.0. The molecule has 0 aliphatic carbocycles. The molecule has 1 heterocycles. The van der Waals surface area contributed by atoms with Gasteiger partial charge >= 0.3 is 6.03 Å². The molecule has 3 N–H and O–H groups in total. The number of rotatable bonds is 5. The topological polar surface area (TPSA) is 70.2 Å². The molecule has 27 heavy (non-hydrogen) atoms. The zero-order valence-corrected chi connectivity index (χ0v) is 16.0. The fourth-order valence-corrected chi connectivity index (χ4v) is 3.24. The molecule has 0 spiro atoms. The molecule has 0 fully saturated rings. The Morgan fingerprint density at radius 1 is 0.889 bits per heavy atom. The Hall–Kier alpha value is -3.12. The van der Waals surface area contributed by atoms with Crippen LogP contribution >= 0.6 is 11.3 Å². The highest BCUT2D eigenvalue weighted by atomic mass is 32.1. The number of urea groups is 1. The predicted molar refractivity (Wildman–Crippen MR) is 111 cm³/mol. The molecular formula is C21H21N3O2S. The SMILES string of the molecule is CC(C)NC(=O)Nc1cccc(C(=O)Nc2cccc(-c3ccsc3)c2)c1. The van der Waals surface area contributed by atoms with Crippen molar-refractivity contribution in [2.45, 2.75) is 19.9 Å². The Balaban J connectivity index is 1.70. The van der Waals surface area contributed by atoms with E-state index >= 15 is 0 Å². The molecule has 0 saturated heterocycles. The summed E-state index contributed by atoms with van der Waals surface area (Å²) in [5, 5.41) is 12.5. The molecule has 3 rings (SSSR count). The van der Waals surface area contributed by atoms with Crippen LogP contribution in [0.15, 0.2) is 65.4 Å². The van der Waals surface area contributed by atoms with Crippen molar-refractivity contribution in [2.75, 3.05) is 10.6 Å². The highest BCUT2D eigenvalue weighted by Gasteiger charge is 2.09. The molecule has 1 aromatic heterocycles. The minimum atomic E-state index is -0.300. The monoisotopic (exact) mass is 379 g/mol. The fraction of sp³-hybridized carbons (Fsp3) is 0.143. The van der Waals surface area contributed by atoms with Crippen molar-refractivity contribution in [2.24, 2.45) is 0 Å². The zero-order valence-electron chi connectivity index (χ0n) is 15.2. The van der Waals surface area contributed by atoms with Crippen molar-refractivity contribution < 1.29 is 9.59 Å². The van der Waals surface area contributed by atoms with Crippen LogP contribution in [0, 0.1) is 0 Å². The van der Waals surface area contributed by atoms with Crippen LogP contribution in [-0.2, 0) is 0 Å². The van der Waals surface area contributed by atoms with Crippen molar-refractivity contribution in [3.8, 4) is 11.1 Å². The molecule has 3 aromatic rings. The van der Waals surface area contributed by atoms with E-state index in [2.05, 4.69) is 21.3 Å². The minimum Gasteiger partial charge on any atom is -0.336 e. The van der Waals surface area contributed by atoms with Crippen LogP contribution in [-0.4, -0.2) is 18.0 Å². The van der Waals surface area contributed by atoms with Crippen LogP contribution in [0.25, 0.3) is 11.1 Å². The second-order valence-corrected chi connectivity index (χ2v) is 7.16. The molecule has 0 aliphatic heterocycles. The summed E-state index contributed by atoms with van der Waals surface area (Å²) in [7, 11) is 0. The first-order valence-corrected chi connectivity index (χ1v) is 9.57. The normalized spacial score (nSPS) is 10.5. The Labute approximate surface area is 162 Å². The van der Waals surface area contributed by atoms with Crippen molar-refractivity contribution in [3.05, 3.63) is 70.9 Å². The van der Waals surface area contributed by atoms with E-state index in [1.165, 1.54) is 0 Å². The maximum absolute atomic E-state index is 12.6. The van der Waals surface area contributed by atoms with E-state index in [9.17, 15) is 9.59 Å². The lowest BCUT2D eigenvalue weighted by atomic mass is 10.1. The maximum Gasteiger partial charge on any atom is 0.319 e. The van der Waals surface area contributed by atoms with E-state index in [-0.39, 0.29) is 18.0 Å². The average Bonchev–Trinajstić information content (AvgIpc) is 3.16. The smallest absolute Gasteiger partial charge is 0.319 e. The molecular weight excluding hydrogens is 358 g/mol. The van der Waals surface area contributed by atoms with Gasteiger partial charge in [0.1, 0.15) is 0 Å². The first kappa shape index (κ1) is 18.7. The Morgan fingerprint density at radius 2 is 1.63 bits per heavy atom. The average molecular weight is 379 g/mol. The van der Waals surface area contributed by atoms with Gasteiger partial charge in [-0.2, -0.15) is 11.3 Å². The first-order valence-electron chi connectivity index (χ1n) is 8.63. The van der Waals surface area contributed by atoms with Crippen molar-refractivity contribution >= 4 is 34.6 Å². The van der Waals surface area contributed by atoms with Crippen molar-refractivity contribution in [1.29, 1.82) is 0 Å². The third kappa shape index (κ3) is 5.18. The number of amides is 3. The standard InChI is InChI=1S/C21H21N3O2S/c1-14(2)22-21(26)24-19-8-4-6-16(12-19)20(25)23-18-7-3-5-15(11-18)17-9-10-27-13-17/h3-14H,1-2H3,(H,23,25)(H2,22,24,26). The van der Waals surface area contributed by atoms with E-state index in [1.807, 2.05) is 49.6 Å². The van der Waals surface area contributed by atoms with Gasteiger partial charge in [0.15, 0.2) is 0 Å². The summed E-state index contributed by atoms with van der Waals surface area (Å²) in [5.41, 5.74) is 3.93. The Bertz CT molecular complexity index is 936. The van der Waals surface area contributed by atoms with Gasteiger partial charge in [0.2, 0.25) is 0 Å². The molecule has 138 valence electrons. The molecule has 0 bridgehead atoms. The second-order valence-electron chi connectivity index (χ2n) is 6.38. The molecule has 0 aliphatic rings. The van der Waals surface area contributed by atoms with Gasteiger partial charge in [-0.1, -0.05) is 18.2 Å². The van der Waals surface area contributed by atoms with Gasteiger partial charge in [-0.3, -0.25) is 4.79 Å². The number of thiophene rings is 1. The molecule has 0 atom stereocenters. The second kappa shape index (κ2) is 8.51. The van der Waals surface area contributed by atoms with Gasteiger partial charge in [0.25, 0.3) is 5.91 Å². The van der Waals surface area contributed by atoms with Crippen LogP contribution in [0.1, 0.15) is 24.2 Å². The number of anilines is 2. The summed E-state index contributed by atoms with van der Waals surface area (Å²) in [5.74, 6) is -0.231. The highest BCUT2D eigenvalue weighted by Crippen LogP contribution is 2.25. The van der Waals surface area contributed by atoms with Gasteiger partial charge < -0.3 is 16.0 Å². The Kier molecular flexibility index (Phi) is 5.88. The van der Waals surface area contributed by atoms with E-state index < -0.39 is 0 Å². The third-order valence-corrected chi connectivity index (χ3v) is 4.46. The lowest BCUT2D eigenvalue weighted by Gasteiger charge is -2.11. The molecule has 5 nitrogen and oxygen atoms in total. The predicted octanol–water partition coefficient (Wildman–Crippen LogP) is 5.20. The Morgan fingerprint density at radius 3 is 2.33 bits per heavy atom. The van der Waals surface area contributed by atoms with E-state index in [0.29, 0.717) is 11.3 Å². The van der Waals surface area contributed by atoms with E-state index in [1.54, 1.807) is 35.6 Å². The summed E-state index contributed by atoms with van der Waals surface area (Å²) >= 11 is 1.63. The molecule has 6 heteroatoms. The summed E-state index contributed by atoms with van der Waals surface area (Å²) in [6, 6.07) is 16.3. The largest absolute Gasteiger partial charge is 0.336 e. The van der Waals surface area contributed by atoms with Gasteiger partial charge in [-0.25, -0.2) is 4.79 Å². The third-order valence-electron chi connectivity index (χ3n) is 3.78. The fourth-order valence-electron chi connectivity index (χ4n) is 2.58. The molecule has 0 radical (unpaired) electrons. The van der Waals surface area contributed by atoms with Gasteiger partial charge in [0, 0.05) is 23.0 Å². The van der Waals surface area contributed by atoms with Gasteiger partial charge in [-0.15, -0.1) is 0 Å². The number of carbonyl (C=O) groups is 2. The zero-order chi connectivity index (χ0) is 19.2. The van der Waals surface area contributed by atoms with Crippen molar-refractivity contribution in [1.82, 2.24) is 5.32 Å². The summed E-state index contributed by atoms with van der Waals surface area (Å²) in [4.78, 5) is 24.4. The number of hydrogen-bond donors (Lipinski definition) is 3. The van der Waals surface area contributed by atoms with E-state index in [0.717, 1.165) is 16.8 Å². The maximum atomic E-state index is 12.6. The summed E-state index contributed by atoms with van der Waals surface area (Å²) < 4.78 is 0. The summed E-state index contributed by atoms with van der Waals surface area (Å²) in [6.45, 7) is 3.77. The number of benzene rings is 2. The van der Waals surface area contributed by atoms with E-state index in [4.69, 9.17) is 0 Å². The molecule has 0 unspecified atom stereocenters. The minimum absolute atomic E-state index is 0.0342. The van der Waals surface area contributed by atoms with Gasteiger partial charge in [-0.05, 0) is 72.1 Å². The highest BCUT2D eigenvalue weighted by molar-refractivity contribution is 7.08. The van der Waals surface area contributed by atoms with Crippen LogP contribution < -0.4 is 16.0 Å². The van der Waals surface area contributed by atoms with Gasteiger partial charge in [0.05, 0.1) is 0 Å². The van der Waals surface area contributed by atoms with Crippen molar-refractivity contribution in [3.63, 3.8) is 0 Å². The molecule has 3 amide bonds. The quantitative estimate of drug-likeness (QED) is 0.570. The lowest BCUT2D eigenvalue weighted by molar-refractivity contribution is 0.102. The molecule has 0 saturated carbocycles. The lowest BCUT2D eigenvalue weighted by Crippen LogP contribution is -2.34.